The van der Waals surface area contributed by atoms with Gasteiger partial charge in [-0.25, -0.2) is 4.79 Å². The maximum Gasteiger partial charge on any atom is 0.337 e. The molecule has 26 heavy (non-hydrogen) atoms. The van der Waals surface area contributed by atoms with Gasteiger partial charge in [-0.05, 0) is 43.9 Å². The van der Waals surface area contributed by atoms with Crippen molar-refractivity contribution < 1.29 is 15.0 Å². The Bertz CT molecular complexity index is 641. The molecule has 0 aliphatic carbocycles. The minimum Gasteiger partial charge on any atom is -0.478 e. The van der Waals surface area contributed by atoms with E-state index in [0.717, 1.165) is 12.0 Å². The van der Waals surface area contributed by atoms with Crippen LogP contribution in [0.5, 0.6) is 0 Å². The minimum absolute atomic E-state index is 0.171. The lowest BCUT2D eigenvalue weighted by Gasteiger charge is -2.01. The average Bonchev–Trinajstić information content (AvgIpc) is 2.64. The standard InChI is InChI=1S/C14H22O.C8H9NO2/c15-13-9-4-2-1-3-6-10-14-11-7-5-8-12-14;1-5-2-3-7(9)6(4-5)8(10)11/h5,7-8,11-12,15H,1-4,6,9-10,13H2;2-4H,9H2,1H3,(H,10,11). The topological polar surface area (TPSA) is 83.6 Å². The number of nitrogens with two attached hydrogens (primary N) is 1. The Hall–Kier alpha value is -2.33. The highest BCUT2D eigenvalue weighted by molar-refractivity contribution is 5.93. The van der Waals surface area contributed by atoms with Crippen LogP contribution in [0.2, 0.25) is 0 Å². The quantitative estimate of drug-likeness (QED) is 0.443. The minimum atomic E-state index is -0.980. The van der Waals surface area contributed by atoms with Crippen LogP contribution in [-0.2, 0) is 6.42 Å². The van der Waals surface area contributed by atoms with Gasteiger partial charge < -0.3 is 15.9 Å². The second kappa shape index (κ2) is 13.0. The van der Waals surface area contributed by atoms with E-state index in [2.05, 4.69) is 30.3 Å². The first-order chi connectivity index (χ1) is 12.5. The predicted molar refractivity (Wildman–Crippen MR) is 107 cm³/mol. The highest BCUT2D eigenvalue weighted by Gasteiger charge is 2.06. The Labute approximate surface area is 156 Å². The number of hydrogen-bond acceptors (Lipinski definition) is 3. The first-order valence-corrected chi connectivity index (χ1v) is 9.28. The molecule has 0 heterocycles. The van der Waals surface area contributed by atoms with Gasteiger partial charge in [0.05, 0.1) is 5.56 Å². The zero-order valence-corrected chi connectivity index (χ0v) is 15.7. The molecule has 0 aliphatic heterocycles. The number of rotatable bonds is 9. The zero-order chi connectivity index (χ0) is 19.2. The second-order valence-corrected chi connectivity index (χ2v) is 6.48. The van der Waals surface area contributed by atoms with Gasteiger partial charge in [0.15, 0.2) is 0 Å². The van der Waals surface area contributed by atoms with E-state index < -0.39 is 5.97 Å². The maximum absolute atomic E-state index is 10.5. The lowest BCUT2D eigenvalue weighted by Crippen LogP contribution is -2.02. The molecule has 2 aromatic rings. The lowest BCUT2D eigenvalue weighted by atomic mass is 10.1. The van der Waals surface area contributed by atoms with E-state index in [1.54, 1.807) is 18.2 Å². The Balaban J connectivity index is 0.000000273. The van der Waals surface area contributed by atoms with E-state index in [1.165, 1.54) is 44.1 Å². The number of carbonyl (C=O) groups is 1. The predicted octanol–water partition coefficient (Wildman–Crippen LogP) is 4.84. The molecule has 0 unspecified atom stereocenters. The van der Waals surface area contributed by atoms with Crippen LogP contribution >= 0.6 is 0 Å². The molecule has 2 aromatic carbocycles. The summed E-state index contributed by atoms with van der Waals surface area (Å²) in [6.45, 7) is 2.18. The number of aliphatic hydroxyl groups excluding tert-OH is 1. The van der Waals surface area contributed by atoms with Crippen molar-refractivity contribution in [3.63, 3.8) is 0 Å². The van der Waals surface area contributed by atoms with Gasteiger partial charge in [0, 0.05) is 12.3 Å². The van der Waals surface area contributed by atoms with Gasteiger partial charge in [-0.3, -0.25) is 0 Å². The molecule has 4 heteroatoms. The molecule has 0 fully saturated rings. The van der Waals surface area contributed by atoms with Gasteiger partial charge >= 0.3 is 5.97 Å². The number of unbranched alkanes of at least 4 members (excludes halogenated alkanes) is 5. The lowest BCUT2D eigenvalue weighted by molar-refractivity contribution is 0.0698. The monoisotopic (exact) mass is 357 g/mol. The molecular weight excluding hydrogens is 326 g/mol. The Morgan fingerprint density at radius 1 is 0.923 bits per heavy atom. The molecule has 4 N–H and O–H groups in total. The molecule has 4 nitrogen and oxygen atoms in total. The Kier molecular flexibility index (Phi) is 10.8. The van der Waals surface area contributed by atoms with Crippen LogP contribution in [0.4, 0.5) is 5.69 Å². The van der Waals surface area contributed by atoms with E-state index in [0.29, 0.717) is 12.3 Å². The van der Waals surface area contributed by atoms with Gasteiger partial charge in [0.25, 0.3) is 0 Å². The molecule has 0 saturated heterocycles. The van der Waals surface area contributed by atoms with Crippen molar-refractivity contribution in [1.29, 1.82) is 0 Å². The fraction of sp³-hybridized carbons (Fsp3) is 0.409. The van der Waals surface area contributed by atoms with Gasteiger partial charge in [-0.15, -0.1) is 0 Å². The number of benzene rings is 2. The summed E-state index contributed by atoms with van der Waals surface area (Å²) in [6, 6.07) is 15.6. The van der Waals surface area contributed by atoms with E-state index in [4.69, 9.17) is 15.9 Å². The summed E-state index contributed by atoms with van der Waals surface area (Å²) < 4.78 is 0. The number of anilines is 1. The first kappa shape index (κ1) is 21.7. The second-order valence-electron chi connectivity index (χ2n) is 6.48. The van der Waals surface area contributed by atoms with Crippen molar-refractivity contribution in [2.75, 3.05) is 12.3 Å². The summed E-state index contributed by atoms with van der Waals surface area (Å²) in [6.07, 6.45) is 8.56. The number of nitrogen functional groups attached to an aromatic ring is 1. The van der Waals surface area contributed by atoms with Crippen LogP contribution in [0.1, 0.15) is 60.0 Å². The number of hydrogen-bond donors (Lipinski definition) is 3. The van der Waals surface area contributed by atoms with Crippen LogP contribution in [0.15, 0.2) is 48.5 Å². The molecule has 0 aliphatic rings. The molecule has 2 rings (SSSR count). The summed E-state index contributed by atoms with van der Waals surface area (Å²) in [5.74, 6) is -0.980. The van der Waals surface area contributed by atoms with Gasteiger partial charge in [0.2, 0.25) is 0 Å². The molecule has 0 aromatic heterocycles. The molecule has 0 saturated carbocycles. The smallest absolute Gasteiger partial charge is 0.337 e. The molecule has 0 spiro atoms. The zero-order valence-electron chi connectivity index (χ0n) is 15.7. The van der Waals surface area contributed by atoms with E-state index in [1.807, 2.05) is 6.92 Å². The summed E-state index contributed by atoms with van der Waals surface area (Å²) >= 11 is 0. The summed E-state index contributed by atoms with van der Waals surface area (Å²) in [7, 11) is 0. The molecule has 0 bridgehead atoms. The number of carboxylic acids is 1. The van der Waals surface area contributed by atoms with Crippen LogP contribution in [0.3, 0.4) is 0 Å². The van der Waals surface area contributed by atoms with Gasteiger partial charge in [-0.2, -0.15) is 0 Å². The van der Waals surface area contributed by atoms with Crippen LogP contribution in [-0.4, -0.2) is 22.8 Å². The van der Waals surface area contributed by atoms with Crippen molar-refractivity contribution in [2.45, 2.75) is 51.9 Å². The SMILES string of the molecule is Cc1ccc(N)c(C(=O)O)c1.OCCCCCCCCc1ccccc1. The summed E-state index contributed by atoms with van der Waals surface area (Å²) in [5, 5.41) is 17.2. The largest absolute Gasteiger partial charge is 0.478 e. The number of aromatic carboxylic acids is 1. The van der Waals surface area contributed by atoms with Crippen LogP contribution < -0.4 is 5.73 Å². The first-order valence-electron chi connectivity index (χ1n) is 9.28. The highest BCUT2D eigenvalue weighted by atomic mass is 16.4. The summed E-state index contributed by atoms with van der Waals surface area (Å²) in [5.41, 5.74) is 8.24. The average molecular weight is 357 g/mol. The van der Waals surface area contributed by atoms with Gasteiger partial charge in [-0.1, -0.05) is 67.6 Å². The van der Waals surface area contributed by atoms with Crippen molar-refractivity contribution >= 4 is 11.7 Å². The fourth-order valence-electron chi connectivity index (χ4n) is 2.65. The molecule has 142 valence electrons. The summed E-state index contributed by atoms with van der Waals surface area (Å²) in [4.78, 5) is 10.5. The van der Waals surface area contributed by atoms with E-state index in [-0.39, 0.29) is 5.56 Å². The fourth-order valence-corrected chi connectivity index (χ4v) is 2.65. The number of aryl methyl sites for hydroxylation is 2. The Morgan fingerprint density at radius 3 is 2.12 bits per heavy atom. The molecule has 0 radical (unpaired) electrons. The van der Waals surface area contributed by atoms with E-state index >= 15 is 0 Å². The van der Waals surface area contributed by atoms with Crippen molar-refractivity contribution in [3.05, 3.63) is 65.2 Å². The number of carboxylic acid groups (broad SMARTS) is 1. The molecule has 0 atom stereocenters. The maximum atomic E-state index is 10.5. The van der Waals surface area contributed by atoms with Crippen LogP contribution in [0.25, 0.3) is 0 Å². The van der Waals surface area contributed by atoms with E-state index in [9.17, 15) is 4.79 Å². The number of aliphatic hydroxyl groups is 1. The van der Waals surface area contributed by atoms with Crippen molar-refractivity contribution in [1.82, 2.24) is 0 Å². The molecular formula is C22H31NO3. The third-order valence-electron chi connectivity index (χ3n) is 4.16. The van der Waals surface area contributed by atoms with Crippen molar-refractivity contribution in [2.24, 2.45) is 0 Å². The molecule has 0 amide bonds. The van der Waals surface area contributed by atoms with Gasteiger partial charge in [0.1, 0.15) is 0 Å². The normalized spacial score (nSPS) is 10.1. The highest BCUT2D eigenvalue weighted by Crippen LogP contribution is 2.13. The third kappa shape index (κ3) is 9.23. The van der Waals surface area contributed by atoms with Crippen molar-refractivity contribution in [3.8, 4) is 0 Å². The third-order valence-corrected chi connectivity index (χ3v) is 4.16. The Morgan fingerprint density at radius 2 is 1.54 bits per heavy atom. The van der Waals surface area contributed by atoms with Crippen LogP contribution in [0, 0.1) is 6.92 Å².